The predicted octanol–water partition coefficient (Wildman–Crippen LogP) is 2.08. The number of hydrogen-bond donors (Lipinski definition) is 1. The number of aromatic nitrogens is 2. The zero-order valence-corrected chi connectivity index (χ0v) is 16.1. The first-order valence-corrected chi connectivity index (χ1v) is 10.3. The Morgan fingerprint density at radius 2 is 2.00 bits per heavy atom. The van der Waals surface area contributed by atoms with Crippen LogP contribution in [0, 0.1) is 0 Å². The average molecular weight is 386 g/mol. The van der Waals surface area contributed by atoms with E-state index in [2.05, 4.69) is 22.1 Å². The summed E-state index contributed by atoms with van der Waals surface area (Å²) in [6.07, 6.45) is 1.38. The Morgan fingerprint density at radius 1 is 1.19 bits per heavy atom. The molecule has 2 aromatic carbocycles. The van der Waals surface area contributed by atoms with E-state index in [1.807, 2.05) is 12.1 Å². The van der Waals surface area contributed by atoms with Gasteiger partial charge in [-0.3, -0.25) is 0 Å². The van der Waals surface area contributed by atoms with Gasteiger partial charge in [0.1, 0.15) is 22.5 Å². The Labute approximate surface area is 158 Å². The molecule has 1 aliphatic heterocycles. The molecule has 1 unspecified atom stereocenters. The minimum atomic E-state index is -3.82. The molecule has 1 aromatic heterocycles. The molecule has 0 aliphatic carbocycles. The van der Waals surface area contributed by atoms with Gasteiger partial charge in [0, 0.05) is 25.7 Å². The van der Waals surface area contributed by atoms with Crippen molar-refractivity contribution in [3.63, 3.8) is 0 Å². The smallest absolute Gasteiger partial charge is 0.273 e. The summed E-state index contributed by atoms with van der Waals surface area (Å²) in [4.78, 5) is 6.81. The van der Waals surface area contributed by atoms with Gasteiger partial charge in [-0.05, 0) is 31.2 Å². The molecule has 1 N–H and O–H groups in total. The fraction of sp³-hybridized carbons (Fsp3) is 0.316. The van der Waals surface area contributed by atoms with Crippen LogP contribution in [0.3, 0.4) is 0 Å². The van der Waals surface area contributed by atoms with Crippen LogP contribution in [0.4, 0.5) is 5.69 Å². The monoisotopic (exact) mass is 386 g/mol. The van der Waals surface area contributed by atoms with Crippen molar-refractivity contribution in [3.05, 3.63) is 48.8 Å². The van der Waals surface area contributed by atoms with Gasteiger partial charge in [0.2, 0.25) is 0 Å². The van der Waals surface area contributed by atoms with Gasteiger partial charge in [-0.1, -0.05) is 18.2 Å². The minimum Gasteiger partial charge on any atom is -0.495 e. The average Bonchev–Trinajstić information content (AvgIpc) is 3.13. The number of imidazole rings is 1. The van der Waals surface area contributed by atoms with Crippen molar-refractivity contribution >= 4 is 26.7 Å². The van der Waals surface area contributed by atoms with Crippen LogP contribution in [0.1, 0.15) is 6.92 Å². The van der Waals surface area contributed by atoms with E-state index in [4.69, 9.17) is 4.74 Å². The van der Waals surface area contributed by atoms with Crippen molar-refractivity contribution in [3.8, 4) is 5.75 Å². The lowest BCUT2D eigenvalue weighted by molar-refractivity contribution is 0.402. The van der Waals surface area contributed by atoms with Crippen LogP contribution in [0.2, 0.25) is 0 Å². The number of rotatable bonds is 4. The third kappa shape index (κ3) is 3.04. The van der Waals surface area contributed by atoms with Crippen LogP contribution in [0.15, 0.2) is 53.7 Å². The number of fused-ring (bicyclic) bond motifs is 1. The van der Waals surface area contributed by atoms with Crippen LogP contribution in [-0.4, -0.2) is 50.2 Å². The molecule has 4 rings (SSSR count). The zero-order chi connectivity index (χ0) is 19.0. The van der Waals surface area contributed by atoms with Crippen LogP contribution in [0.5, 0.6) is 5.75 Å². The van der Waals surface area contributed by atoms with E-state index in [-0.39, 0.29) is 4.90 Å². The molecular weight excluding hydrogens is 364 g/mol. The molecule has 1 saturated heterocycles. The lowest BCUT2D eigenvalue weighted by Crippen LogP contribution is -2.49. The van der Waals surface area contributed by atoms with E-state index in [0.717, 1.165) is 25.3 Å². The number of benzene rings is 2. The van der Waals surface area contributed by atoms with Crippen molar-refractivity contribution in [2.75, 3.05) is 31.6 Å². The van der Waals surface area contributed by atoms with Gasteiger partial charge in [-0.15, -0.1) is 0 Å². The fourth-order valence-corrected chi connectivity index (χ4v) is 4.98. The summed E-state index contributed by atoms with van der Waals surface area (Å²) in [5.41, 5.74) is 2.20. The van der Waals surface area contributed by atoms with Gasteiger partial charge in [-0.2, -0.15) is 0 Å². The Balaban J connectivity index is 1.83. The fourth-order valence-electron chi connectivity index (χ4n) is 3.54. The molecule has 1 atom stereocenters. The number of hydrogen-bond acceptors (Lipinski definition) is 6. The molecule has 27 heavy (non-hydrogen) atoms. The van der Waals surface area contributed by atoms with Gasteiger partial charge in [0.15, 0.2) is 0 Å². The number of nitrogens with one attached hydrogen (secondary N) is 1. The molecule has 3 aromatic rings. The lowest BCUT2D eigenvalue weighted by atomic mass is 10.2. The second-order valence-electron chi connectivity index (χ2n) is 6.64. The highest BCUT2D eigenvalue weighted by atomic mass is 32.2. The molecule has 0 spiro atoms. The molecule has 7 nitrogen and oxygen atoms in total. The van der Waals surface area contributed by atoms with Crippen molar-refractivity contribution in [1.82, 2.24) is 14.3 Å². The topological polar surface area (TPSA) is 76.5 Å². The standard InChI is InChI=1S/C19H22N4O3S/c1-14-12-22(11-10-20-14)15-6-5-7-16-19(15)21-13-23(16)27(24,25)18-9-4-3-8-17(18)26-2/h3-9,13-14,20H,10-12H2,1-2H3. The normalized spacial score (nSPS) is 18.0. The van der Waals surface area contributed by atoms with Crippen LogP contribution in [-0.2, 0) is 10.0 Å². The quantitative estimate of drug-likeness (QED) is 0.740. The maximum atomic E-state index is 13.2. The summed E-state index contributed by atoms with van der Waals surface area (Å²) in [5, 5.41) is 3.42. The summed E-state index contributed by atoms with van der Waals surface area (Å²) < 4.78 is 33.0. The van der Waals surface area contributed by atoms with Gasteiger partial charge < -0.3 is 15.0 Å². The SMILES string of the molecule is COc1ccccc1S(=O)(=O)n1cnc2c(N3CCNC(C)C3)cccc21. The van der Waals surface area contributed by atoms with E-state index in [1.54, 1.807) is 30.3 Å². The maximum Gasteiger partial charge on any atom is 0.273 e. The maximum absolute atomic E-state index is 13.2. The van der Waals surface area contributed by atoms with Crippen LogP contribution < -0.4 is 15.0 Å². The molecule has 1 fully saturated rings. The zero-order valence-electron chi connectivity index (χ0n) is 15.3. The second-order valence-corrected chi connectivity index (χ2v) is 8.43. The summed E-state index contributed by atoms with van der Waals surface area (Å²) in [7, 11) is -2.36. The first kappa shape index (κ1) is 17.8. The highest BCUT2D eigenvalue weighted by molar-refractivity contribution is 7.90. The minimum absolute atomic E-state index is 0.119. The van der Waals surface area contributed by atoms with E-state index in [0.29, 0.717) is 22.8 Å². The van der Waals surface area contributed by atoms with Gasteiger partial charge in [0.25, 0.3) is 10.0 Å². The van der Waals surface area contributed by atoms with E-state index in [1.165, 1.54) is 17.4 Å². The molecule has 1 aliphatic rings. The molecule has 0 saturated carbocycles. The van der Waals surface area contributed by atoms with Crippen LogP contribution in [0.25, 0.3) is 11.0 Å². The van der Waals surface area contributed by atoms with E-state index < -0.39 is 10.0 Å². The van der Waals surface area contributed by atoms with Gasteiger partial charge in [0.05, 0.1) is 18.3 Å². The number of anilines is 1. The summed E-state index contributed by atoms with van der Waals surface area (Å²) in [5.74, 6) is 0.312. The van der Waals surface area contributed by atoms with Crippen molar-refractivity contribution in [2.24, 2.45) is 0 Å². The second kappa shape index (κ2) is 6.86. The number of para-hydroxylation sites is 2. The predicted molar refractivity (Wildman–Crippen MR) is 105 cm³/mol. The largest absolute Gasteiger partial charge is 0.495 e. The van der Waals surface area contributed by atoms with Crippen molar-refractivity contribution in [2.45, 2.75) is 17.9 Å². The van der Waals surface area contributed by atoms with Gasteiger partial charge in [-0.25, -0.2) is 17.4 Å². The summed E-state index contributed by atoms with van der Waals surface area (Å²) in [6, 6.07) is 12.6. The van der Waals surface area contributed by atoms with E-state index >= 15 is 0 Å². The third-order valence-electron chi connectivity index (χ3n) is 4.84. The molecular formula is C19H22N4O3S. The number of methoxy groups -OCH3 is 1. The Bertz CT molecular complexity index is 1080. The molecule has 142 valence electrons. The van der Waals surface area contributed by atoms with Crippen molar-refractivity contribution in [1.29, 1.82) is 0 Å². The molecule has 0 radical (unpaired) electrons. The molecule has 0 bridgehead atoms. The van der Waals surface area contributed by atoms with Crippen molar-refractivity contribution < 1.29 is 13.2 Å². The molecule has 0 amide bonds. The highest BCUT2D eigenvalue weighted by Gasteiger charge is 2.25. The molecule has 8 heteroatoms. The number of piperazine rings is 1. The van der Waals surface area contributed by atoms with E-state index in [9.17, 15) is 8.42 Å². The Hall–Kier alpha value is -2.58. The van der Waals surface area contributed by atoms with Gasteiger partial charge >= 0.3 is 0 Å². The molecule has 2 heterocycles. The Kier molecular flexibility index (Phi) is 4.53. The van der Waals surface area contributed by atoms with Crippen LogP contribution >= 0.6 is 0 Å². The number of nitrogens with zero attached hydrogens (tertiary/aromatic N) is 3. The first-order chi connectivity index (χ1) is 13.0. The first-order valence-electron chi connectivity index (χ1n) is 8.85. The number of ether oxygens (including phenoxy) is 1. The highest BCUT2D eigenvalue weighted by Crippen LogP contribution is 2.31. The summed E-state index contributed by atoms with van der Waals surface area (Å²) in [6.45, 7) is 4.73. The Morgan fingerprint density at radius 3 is 2.78 bits per heavy atom. The third-order valence-corrected chi connectivity index (χ3v) is 6.54. The lowest BCUT2D eigenvalue weighted by Gasteiger charge is -2.33. The summed E-state index contributed by atoms with van der Waals surface area (Å²) >= 11 is 0.